The van der Waals surface area contributed by atoms with Gasteiger partial charge >= 0.3 is 0 Å². The van der Waals surface area contributed by atoms with Crippen LogP contribution < -0.4 is 9.46 Å². The summed E-state index contributed by atoms with van der Waals surface area (Å²) in [6, 6.07) is 13.4. The van der Waals surface area contributed by atoms with Crippen molar-refractivity contribution in [3.05, 3.63) is 60.7 Å². The first-order chi connectivity index (χ1) is 15.0. The van der Waals surface area contributed by atoms with Crippen molar-refractivity contribution in [3.63, 3.8) is 0 Å². The number of nitrogens with one attached hydrogen (secondary N) is 1. The number of aryl methyl sites for hydroxylation is 1. The Kier molecular flexibility index (Phi) is 6.38. The summed E-state index contributed by atoms with van der Waals surface area (Å²) < 4.78 is 36.9. The van der Waals surface area contributed by atoms with Gasteiger partial charge in [0.2, 0.25) is 10.0 Å². The first-order valence-corrected chi connectivity index (χ1v) is 12.1. The lowest BCUT2D eigenvalue weighted by molar-refractivity contribution is 0.305. The Labute approximate surface area is 183 Å². The largest absolute Gasteiger partial charge is 0.496 e. The highest BCUT2D eigenvalue weighted by atomic mass is 32.2. The quantitative estimate of drug-likeness (QED) is 0.601. The molecular weight excluding hydrogens is 412 g/mol. The Morgan fingerprint density at radius 1 is 1.13 bits per heavy atom. The third kappa shape index (κ3) is 4.65. The summed E-state index contributed by atoms with van der Waals surface area (Å²) in [5.41, 5.74) is 2.68. The van der Waals surface area contributed by atoms with Crippen LogP contribution >= 0.6 is 0 Å². The van der Waals surface area contributed by atoms with Gasteiger partial charge in [0.25, 0.3) is 0 Å². The van der Waals surface area contributed by atoms with E-state index >= 15 is 0 Å². The Balaban J connectivity index is 1.58. The lowest BCUT2D eigenvalue weighted by Gasteiger charge is -2.30. The number of benzene rings is 2. The number of hydrogen-bond donors (Lipinski definition) is 1. The van der Waals surface area contributed by atoms with E-state index in [9.17, 15) is 8.42 Å². The molecule has 0 radical (unpaired) electrons. The van der Waals surface area contributed by atoms with Crippen LogP contribution in [0.4, 0.5) is 0 Å². The molecule has 1 aliphatic rings. The zero-order valence-corrected chi connectivity index (χ0v) is 18.7. The fraction of sp³-hybridized carbons (Fsp3) is 0.391. The molecule has 0 amide bonds. The van der Waals surface area contributed by atoms with E-state index in [4.69, 9.17) is 4.74 Å². The average molecular weight is 441 g/mol. The van der Waals surface area contributed by atoms with Crippen LogP contribution in [-0.2, 0) is 16.4 Å². The molecule has 0 saturated heterocycles. The molecule has 0 spiro atoms. The standard InChI is InChI=1S/C23H28N4O3S/c1-3-17-13-18(21-9-4-5-10-22(21)30-2)11-12-23(17)31(28,29)26-19-7-6-8-20(14-19)27-15-24-25-16-27/h4-5,9-13,15-16,19-20,26H,3,6-8,14H2,1-2H3/t19-,20+/m0/s1. The number of rotatable bonds is 7. The topological polar surface area (TPSA) is 86.1 Å². The van der Waals surface area contributed by atoms with E-state index in [1.165, 1.54) is 0 Å². The number of hydrogen-bond acceptors (Lipinski definition) is 5. The van der Waals surface area contributed by atoms with Gasteiger partial charge in [-0.2, -0.15) is 0 Å². The van der Waals surface area contributed by atoms with Crippen molar-refractivity contribution in [2.75, 3.05) is 7.11 Å². The van der Waals surface area contributed by atoms with Gasteiger partial charge in [-0.25, -0.2) is 13.1 Å². The van der Waals surface area contributed by atoms with Gasteiger partial charge in [0.1, 0.15) is 18.4 Å². The highest BCUT2D eigenvalue weighted by molar-refractivity contribution is 7.89. The highest BCUT2D eigenvalue weighted by Gasteiger charge is 2.28. The van der Waals surface area contributed by atoms with Gasteiger partial charge in [-0.05, 0) is 61.4 Å². The summed E-state index contributed by atoms with van der Waals surface area (Å²) >= 11 is 0. The van der Waals surface area contributed by atoms with E-state index in [-0.39, 0.29) is 12.1 Å². The van der Waals surface area contributed by atoms with Crippen molar-refractivity contribution < 1.29 is 13.2 Å². The first-order valence-electron chi connectivity index (χ1n) is 10.6. The van der Waals surface area contributed by atoms with Gasteiger partial charge in [-0.15, -0.1) is 10.2 Å². The second-order valence-electron chi connectivity index (χ2n) is 7.92. The molecule has 31 heavy (non-hydrogen) atoms. The molecule has 2 aromatic carbocycles. The van der Waals surface area contributed by atoms with Crippen LogP contribution in [0.1, 0.15) is 44.2 Å². The van der Waals surface area contributed by atoms with E-state index in [2.05, 4.69) is 14.9 Å². The van der Waals surface area contributed by atoms with Gasteiger partial charge in [-0.1, -0.05) is 31.2 Å². The molecule has 0 aliphatic heterocycles. The minimum atomic E-state index is -3.63. The molecule has 3 aromatic rings. The Hall–Kier alpha value is -2.71. The van der Waals surface area contributed by atoms with Crippen LogP contribution in [-0.4, -0.2) is 36.3 Å². The van der Waals surface area contributed by atoms with Crippen molar-refractivity contribution in [1.29, 1.82) is 0 Å². The van der Waals surface area contributed by atoms with E-state index in [1.807, 2.05) is 47.9 Å². The Bertz CT molecular complexity index is 1130. The maximum absolute atomic E-state index is 13.3. The molecular formula is C23H28N4O3S. The first kappa shape index (κ1) is 21.5. The van der Waals surface area contributed by atoms with Crippen LogP contribution in [0.5, 0.6) is 5.75 Å². The maximum atomic E-state index is 13.3. The Morgan fingerprint density at radius 3 is 2.65 bits per heavy atom. The number of aromatic nitrogens is 3. The minimum Gasteiger partial charge on any atom is -0.496 e. The van der Waals surface area contributed by atoms with Crippen LogP contribution in [0.15, 0.2) is 60.0 Å². The molecule has 1 aliphatic carbocycles. The van der Waals surface area contributed by atoms with Crippen LogP contribution in [0, 0.1) is 0 Å². The number of methoxy groups -OCH3 is 1. The molecule has 164 valence electrons. The second kappa shape index (κ2) is 9.20. The molecule has 7 nitrogen and oxygen atoms in total. The van der Waals surface area contributed by atoms with Crippen molar-refractivity contribution in [2.45, 2.75) is 56.0 Å². The molecule has 2 atom stereocenters. The van der Waals surface area contributed by atoms with Gasteiger partial charge in [-0.3, -0.25) is 0 Å². The number of ether oxygens (including phenoxy) is 1. The summed E-state index contributed by atoms with van der Waals surface area (Å²) in [6.45, 7) is 1.98. The fourth-order valence-electron chi connectivity index (χ4n) is 4.39. The van der Waals surface area contributed by atoms with Crippen molar-refractivity contribution >= 4 is 10.0 Å². The summed E-state index contributed by atoms with van der Waals surface area (Å²) in [5, 5.41) is 7.76. The molecule has 1 aromatic heterocycles. The summed E-state index contributed by atoms with van der Waals surface area (Å²) in [6.07, 6.45) is 7.55. The lowest BCUT2D eigenvalue weighted by Crippen LogP contribution is -2.39. The van der Waals surface area contributed by atoms with Gasteiger partial charge in [0, 0.05) is 17.6 Å². The highest BCUT2D eigenvalue weighted by Crippen LogP contribution is 2.33. The smallest absolute Gasteiger partial charge is 0.241 e. The zero-order valence-electron chi connectivity index (χ0n) is 17.9. The summed E-state index contributed by atoms with van der Waals surface area (Å²) in [4.78, 5) is 0.347. The molecule has 1 N–H and O–H groups in total. The SMILES string of the molecule is CCc1cc(-c2ccccc2OC)ccc1S(=O)(=O)N[C@H]1CCC[C@@H](n2cnnc2)C1. The second-order valence-corrected chi connectivity index (χ2v) is 9.61. The maximum Gasteiger partial charge on any atom is 0.241 e. The van der Waals surface area contributed by atoms with E-state index < -0.39 is 10.0 Å². The third-order valence-corrected chi connectivity index (χ3v) is 7.60. The average Bonchev–Trinajstić information content (AvgIpc) is 3.33. The normalized spacial score (nSPS) is 19.3. The zero-order chi connectivity index (χ0) is 21.8. The van der Waals surface area contributed by atoms with Crippen molar-refractivity contribution in [1.82, 2.24) is 19.5 Å². The van der Waals surface area contributed by atoms with Crippen molar-refractivity contribution in [3.8, 4) is 16.9 Å². The monoisotopic (exact) mass is 440 g/mol. The molecule has 1 saturated carbocycles. The van der Waals surface area contributed by atoms with Gasteiger partial charge in [0.05, 0.1) is 12.0 Å². The fourth-order valence-corrected chi connectivity index (χ4v) is 5.97. The van der Waals surface area contributed by atoms with E-state index in [0.717, 1.165) is 48.1 Å². The predicted octanol–water partition coefficient (Wildman–Crippen LogP) is 3.98. The van der Waals surface area contributed by atoms with Crippen LogP contribution in [0.3, 0.4) is 0 Å². The lowest BCUT2D eigenvalue weighted by atomic mass is 9.91. The number of sulfonamides is 1. The predicted molar refractivity (Wildman–Crippen MR) is 119 cm³/mol. The van der Waals surface area contributed by atoms with Crippen LogP contribution in [0.2, 0.25) is 0 Å². The summed E-state index contributed by atoms with van der Waals surface area (Å²) in [5.74, 6) is 0.764. The van der Waals surface area contributed by atoms with Crippen molar-refractivity contribution in [2.24, 2.45) is 0 Å². The van der Waals surface area contributed by atoms with Gasteiger partial charge < -0.3 is 9.30 Å². The summed E-state index contributed by atoms with van der Waals surface area (Å²) in [7, 11) is -1.99. The number of para-hydroxylation sites is 1. The molecule has 4 rings (SSSR count). The Morgan fingerprint density at radius 2 is 1.90 bits per heavy atom. The van der Waals surface area contributed by atoms with E-state index in [0.29, 0.717) is 11.3 Å². The van der Waals surface area contributed by atoms with Crippen LogP contribution in [0.25, 0.3) is 11.1 Å². The van der Waals surface area contributed by atoms with E-state index in [1.54, 1.807) is 25.8 Å². The molecule has 0 unspecified atom stereocenters. The minimum absolute atomic E-state index is 0.107. The third-order valence-electron chi connectivity index (χ3n) is 5.98. The molecule has 1 heterocycles. The molecule has 1 fully saturated rings. The number of nitrogens with zero attached hydrogens (tertiary/aromatic N) is 3. The van der Waals surface area contributed by atoms with Gasteiger partial charge in [0.15, 0.2) is 0 Å². The molecule has 0 bridgehead atoms. The molecule has 8 heteroatoms.